The molecule has 0 bridgehead atoms. The van der Waals surface area contributed by atoms with Crippen molar-refractivity contribution >= 4 is 28.4 Å². The summed E-state index contributed by atoms with van der Waals surface area (Å²) >= 11 is 0. The van der Waals surface area contributed by atoms with E-state index in [1.54, 1.807) is 0 Å². The molecule has 1 fully saturated rings. The van der Waals surface area contributed by atoms with Gasteiger partial charge in [0.2, 0.25) is 0 Å². The van der Waals surface area contributed by atoms with E-state index in [-0.39, 0.29) is 23.5 Å². The lowest BCUT2D eigenvalue weighted by atomic mass is 9.80. The van der Waals surface area contributed by atoms with Crippen LogP contribution in [-0.4, -0.2) is 55.2 Å². The van der Waals surface area contributed by atoms with Gasteiger partial charge in [-0.2, -0.15) is 0 Å². The maximum absolute atomic E-state index is 13.2. The fraction of sp³-hybridized carbons (Fsp3) is 0.315. The zero-order valence-electron chi connectivity index (χ0n) is 34.9. The molecule has 6 aromatic carbocycles. The van der Waals surface area contributed by atoms with Crippen molar-refractivity contribution in [3.63, 3.8) is 0 Å². The molecule has 0 radical (unpaired) electrons. The Bertz CT molecular complexity index is 2280. The summed E-state index contributed by atoms with van der Waals surface area (Å²) in [6, 6.07) is 51.2. The van der Waals surface area contributed by atoms with Gasteiger partial charge in [-0.3, -0.25) is 14.4 Å². The van der Waals surface area contributed by atoms with Gasteiger partial charge in [-0.15, -0.1) is 0 Å². The number of rotatable bonds is 15. The number of benzene rings is 6. The summed E-state index contributed by atoms with van der Waals surface area (Å²) in [7, 11) is 0. The Morgan fingerprint density at radius 2 is 1.13 bits per heavy atom. The Hall–Kier alpha value is -5.85. The predicted octanol–water partition coefficient (Wildman–Crippen LogP) is 10.7. The quantitative estimate of drug-likeness (QED) is 0.101. The highest BCUT2D eigenvalue weighted by Crippen LogP contribution is 2.31. The van der Waals surface area contributed by atoms with Gasteiger partial charge in [0.1, 0.15) is 0 Å². The Morgan fingerprint density at radius 1 is 0.567 bits per heavy atom. The molecule has 308 valence electrons. The Labute approximate surface area is 356 Å². The van der Waals surface area contributed by atoms with E-state index in [2.05, 4.69) is 88.3 Å². The molecule has 1 heterocycles. The third-order valence-corrected chi connectivity index (χ3v) is 12.2. The van der Waals surface area contributed by atoms with Crippen LogP contribution in [0.5, 0.6) is 0 Å². The van der Waals surface area contributed by atoms with E-state index < -0.39 is 0 Å². The first-order chi connectivity index (χ1) is 29.5. The number of aryl methyl sites for hydroxylation is 3. The molecule has 8 rings (SSSR count). The number of Topliss-reactive ketones (excluding diaryl/α,β-unsaturated/α-hetero) is 1. The zero-order valence-corrected chi connectivity index (χ0v) is 34.9. The molecule has 6 nitrogen and oxygen atoms in total. The van der Waals surface area contributed by atoms with Gasteiger partial charge in [-0.05, 0) is 147 Å². The molecular weight excluding hydrogens is 739 g/mol. The summed E-state index contributed by atoms with van der Waals surface area (Å²) in [5, 5.41) is 8.30. The van der Waals surface area contributed by atoms with Crippen molar-refractivity contribution in [2.45, 2.75) is 70.1 Å². The molecule has 60 heavy (non-hydrogen) atoms. The standard InChI is InChI=1S/C34H40N2O2.C20H19NO/c37-33-29(20-24-36-22-18-28(19-23-36)27-12-5-2-6-13-27)14-15-30-25-31(16-17-32(30)33)34(38)35-21-8-7-11-26-9-3-1-4-10-26;22-20(21-14-6-9-16-7-2-1-3-8-16)19-13-12-17-10-4-5-11-18(17)15-19/h1-6,9-10,12-13,16-17,25,28-29H,7-8,11,14-15,18-24H2,(H,35,38);1-5,7-8,10-13,15H,6,9,14H2,(H,21,22). The van der Waals surface area contributed by atoms with Gasteiger partial charge in [0.05, 0.1) is 0 Å². The van der Waals surface area contributed by atoms with E-state index in [4.69, 9.17) is 0 Å². The highest BCUT2D eigenvalue weighted by molar-refractivity contribution is 6.02. The highest BCUT2D eigenvalue weighted by atomic mass is 16.2. The average molecular weight is 798 g/mol. The van der Waals surface area contributed by atoms with E-state index >= 15 is 0 Å². The van der Waals surface area contributed by atoms with Crippen molar-refractivity contribution in [2.24, 2.45) is 5.92 Å². The molecule has 1 unspecified atom stereocenters. The van der Waals surface area contributed by atoms with Crippen LogP contribution in [0.15, 0.2) is 152 Å². The molecular formula is C54H59N3O3. The molecule has 0 spiro atoms. The van der Waals surface area contributed by atoms with E-state index in [0.29, 0.717) is 24.6 Å². The van der Waals surface area contributed by atoms with Crippen molar-refractivity contribution in [3.8, 4) is 0 Å². The molecule has 0 saturated carbocycles. The fourth-order valence-electron chi connectivity index (χ4n) is 8.67. The maximum atomic E-state index is 13.2. The van der Waals surface area contributed by atoms with Crippen LogP contribution in [0.1, 0.15) is 104 Å². The van der Waals surface area contributed by atoms with Crippen LogP contribution in [0.25, 0.3) is 10.8 Å². The lowest BCUT2D eigenvalue weighted by molar-refractivity contribution is 0.0874. The first-order valence-electron chi connectivity index (χ1n) is 22.1. The minimum atomic E-state index is -0.0408. The lowest BCUT2D eigenvalue weighted by Gasteiger charge is -2.33. The number of unbranched alkanes of at least 4 members (excludes halogenated alkanes) is 1. The normalized spacial score (nSPS) is 15.4. The van der Waals surface area contributed by atoms with Gasteiger partial charge in [-0.1, -0.05) is 127 Å². The zero-order chi connectivity index (χ0) is 41.4. The van der Waals surface area contributed by atoms with Crippen LogP contribution >= 0.6 is 0 Å². The maximum Gasteiger partial charge on any atom is 0.251 e. The van der Waals surface area contributed by atoms with Gasteiger partial charge < -0.3 is 15.5 Å². The van der Waals surface area contributed by atoms with Crippen LogP contribution in [-0.2, 0) is 19.3 Å². The molecule has 2 N–H and O–H groups in total. The summed E-state index contributed by atoms with van der Waals surface area (Å²) in [6.45, 7) is 4.59. The van der Waals surface area contributed by atoms with Crippen molar-refractivity contribution in [2.75, 3.05) is 32.7 Å². The van der Waals surface area contributed by atoms with Crippen LogP contribution in [0.2, 0.25) is 0 Å². The highest BCUT2D eigenvalue weighted by Gasteiger charge is 2.29. The second-order valence-electron chi connectivity index (χ2n) is 16.4. The summed E-state index contributed by atoms with van der Waals surface area (Å²) in [4.78, 5) is 40.7. The summed E-state index contributed by atoms with van der Waals surface area (Å²) in [6.07, 6.45) is 10.1. The third kappa shape index (κ3) is 12.1. The summed E-state index contributed by atoms with van der Waals surface area (Å²) < 4.78 is 0. The van der Waals surface area contributed by atoms with Gasteiger partial charge in [0.25, 0.3) is 11.8 Å². The monoisotopic (exact) mass is 797 g/mol. The largest absolute Gasteiger partial charge is 0.352 e. The molecule has 6 aromatic rings. The van der Waals surface area contributed by atoms with Gasteiger partial charge in [-0.25, -0.2) is 0 Å². The number of nitrogens with zero attached hydrogens (tertiary/aromatic N) is 1. The number of carbonyl (C=O) groups is 3. The van der Waals surface area contributed by atoms with Crippen LogP contribution in [0, 0.1) is 5.92 Å². The topological polar surface area (TPSA) is 78.5 Å². The number of piperidine rings is 1. The van der Waals surface area contributed by atoms with Crippen molar-refractivity contribution in [1.29, 1.82) is 0 Å². The van der Waals surface area contributed by atoms with Crippen LogP contribution < -0.4 is 10.6 Å². The third-order valence-electron chi connectivity index (χ3n) is 12.2. The van der Waals surface area contributed by atoms with E-state index in [1.807, 2.05) is 78.9 Å². The lowest BCUT2D eigenvalue weighted by Crippen LogP contribution is -2.35. The smallest absolute Gasteiger partial charge is 0.251 e. The van der Waals surface area contributed by atoms with E-state index in [9.17, 15) is 14.4 Å². The van der Waals surface area contributed by atoms with Gasteiger partial charge in [0.15, 0.2) is 5.78 Å². The number of amides is 2. The average Bonchev–Trinajstić information content (AvgIpc) is 3.31. The van der Waals surface area contributed by atoms with Gasteiger partial charge in [0, 0.05) is 35.7 Å². The number of hydrogen-bond donors (Lipinski definition) is 2. The number of carbonyl (C=O) groups excluding carboxylic acids is 3. The first-order valence-corrected chi connectivity index (χ1v) is 22.1. The summed E-state index contributed by atoms with van der Waals surface area (Å²) in [5.74, 6) is 0.980. The number of fused-ring (bicyclic) bond motifs is 2. The van der Waals surface area contributed by atoms with E-state index in [0.717, 1.165) is 98.5 Å². The number of ketones is 1. The molecule has 1 aliphatic heterocycles. The van der Waals surface area contributed by atoms with Crippen molar-refractivity contribution in [3.05, 3.63) is 191 Å². The Morgan fingerprint density at radius 3 is 1.82 bits per heavy atom. The molecule has 1 atom stereocenters. The van der Waals surface area contributed by atoms with Crippen molar-refractivity contribution < 1.29 is 14.4 Å². The molecule has 2 amide bonds. The second-order valence-corrected chi connectivity index (χ2v) is 16.4. The number of nitrogens with one attached hydrogen (secondary N) is 2. The minimum Gasteiger partial charge on any atom is -0.352 e. The Kier molecular flexibility index (Phi) is 15.5. The number of likely N-dealkylation sites (tertiary alicyclic amines) is 1. The SMILES string of the molecule is O=C(NCCCCc1ccccc1)c1ccc2c(c1)CCC(CCN1CCC(c3ccccc3)CC1)C2=O.O=C(NCCCc1ccccc1)c1ccc2ccccc2c1. The Balaban J connectivity index is 0.000000210. The minimum absolute atomic E-state index is 0.00110. The first kappa shape index (κ1) is 42.3. The van der Waals surface area contributed by atoms with Crippen molar-refractivity contribution in [1.82, 2.24) is 15.5 Å². The molecule has 6 heteroatoms. The number of hydrogen-bond acceptors (Lipinski definition) is 4. The molecule has 2 aliphatic rings. The summed E-state index contributed by atoms with van der Waals surface area (Å²) in [5.41, 5.74) is 7.35. The van der Waals surface area contributed by atoms with Crippen LogP contribution in [0.4, 0.5) is 0 Å². The predicted molar refractivity (Wildman–Crippen MR) is 245 cm³/mol. The van der Waals surface area contributed by atoms with E-state index in [1.165, 1.54) is 29.5 Å². The second kappa shape index (κ2) is 22.0. The fourth-order valence-corrected chi connectivity index (χ4v) is 8.67. The molecule has 1 aliphatic carbocycles. The molecule has 1 saturated heterocycles. The molecule has 0 aromatic heterocycles. The van der Waals surface area contributed by atoms with Gasteiger partial charge >= 0.3 is 0 Å². The van der Waals surface area contributed by atoms with Crippen LogP contribution in [0.3, 0.4) is 0 Å².